The van der Waals surface area contributed by atoms with Crippen molar-refractivity contribution < 1.29 is 15.0 Å². The first kappa shape index (κ1) is 12.5. The van der Waals surface area contributed by atoms with Crippen molar-refractivity contribution in [3.8, 4) is 5.75 Å². The van der Waals surface area contributed by atoms with Crippen LogP contribution in [0.4, 0.5) is 0 Å². The van der Waals surface area contributed by atoms with E-state index in [1.807, 2.05) is 6.07 Å². The molecule has 0 aromatic heterocycles. The van der Waals surface area contributed by atoms with E-state index in [9.17, 15) is 15.0 Å². The van der Waals surface area contributed by atoms with Gasteiger partial charge in [0.25, 0.3) is 0 Å². The first-order valence-corrected chi connectivity index (χ1v) is 6.29. The number of carbonyl (C=O) groups is 1. The third kappa shape index (κ3) is 2.84. The molecule has 3 nitrogen and oxygen atoms in total. The van der Waals surface area contributed by atoms with Crippen molar-refractivity contribution in [1.29, 1.82) is 0 Å². The molecule has 1 unspecified atom stereocenters. The van der Waals surface area contributed by atoms with Crippen molar-refractivity contribution in [3.63, 3.8) is 0 Å². The molecule has 4 heteroatoms. The van der Waals surface area contributed by atoms with Gasteiger partial charge in [-0.1, -0.05) is 42.5 Å². The normalized spacial score (nSPS) is 12.0. The Labute approximate surface area is 109 Å². The number of aromatic hydroxyl groups is 1. The van der Waals surface area contributed by atoms with E-state index in [4.69, 9.17) is 0 Å². The van der Waals surface area contributed by atoms with E-state index >= 15 is 0 Å². The quantitative estimate of drug-likeness (QED) is 0.828. The predicted molar refractivity (Wildman–Crippen MR) is 70.8 cm³/mol. The van der Waals surface area contributed by atoms with Gasteiger partial charge in [0.15, 0.2) is 0 Å². The molecule has 0 aliphatic rings. The molecule has 92 valence electrons. The number of rotatable bonds is 4. The van der Waals surface area contributed by atoms with Gasteiger partial charge < -0.3 is 10.2 Å². The summed E-state index contributed by atoms with van der Waals surface area (Å²) in [7, 11) is 0. The van der Waals surface area contributed by atoms with E-state index < -0.39 is 11.2 Å². The van der Waals surface area contributed by atoms with Crippen LogP contribution in [0.1, 0.15) is 10.8 Å². The van der Waals surface area contributed by atoms with Gasteiger partial charge in [-0.25, -0.2) is 0 Å². The Morgan fingerprint density at radius 3 is 2.22 bits per heavy atom. The van der Waals surface area contributed by atoms with Gasteiger partial charge in [0, 0.05) is 0 Å². The highest BCUT2D eigenvalue weighted by atomic mass is 32.2. The molecule has 0 saturated carbocycles. The molecule has 0 spiro atoms. The summed E-state index contributed by atoms with van der Waals surface area (Å²) in [5.74, 6) is -0.820. The Hall–Kier alpha value is -1.94. The summed E-state index contributed by atoms with van der Waals surface area (Å²) < 4.78 is 0. The number of phenols is 1. The lowest BCUT2D eigenvalue weighted by Gasteiger charge is -2.13. The Balaban J connectivity index is 2.28. The summed E-state index contributed by atoms with van der Waals surface area (Å²) in [6, 6.07) is 15.7. The lowest BCUT2D eigenvalue weighted by molar-refractivity contribution is -0.136. The highest BCUT2D eigenvalue weighted by molar-refractivity contribution is 8.00. The maximum absolute atomic E-state index is 11.3. The minimum atomic E-state index is -0.922. The first-order valence-electron chi connectivity index (χ1n) is 5.41. The van der Waals surface area contributed by atoms with Crippen molar-refractivity contribution in [2.24, 2.45) is 0 Å². The summed E-state index contributed by atoms with van der Waals surface area (Å²) in [5, 5.41) is 18.2. The molecule has 2 rings (SSSR count). The van der Waals surface area contributed by atoms with E-state index in [1.165, 1.54) is 0 Å². The molecule has 0 aliphatic heterocycles. The second-order valence-electron chi connectivity index (χ2n) is 3.71. The summed E-state index contributed by atoms with van der Waals surface area (Å²) in [4.78, 5) is 11.9. The van der Waals surface area contributed by atoms with Gasteiger partial charge >= 0.3 is 5.97 Å². The molecule has 18 heavy (non-hydrogen) atoms. The Morgan fingerprint density at radius 2 is 1.61 bits per heavy atom. The van der Waals surface area contributed by atoms with Crippen LogP contribution in [0, 0.1) is 0 Å². The number of thioether (sulfide) groups is 1. The van der Waals surface area contributed by atoms with Crippen molar-refractivity contribution in [2.45, 2.75) is 10.1 Å². The van der Waals surface area contributed by atoms with Crippen LogP contribution in [0.2, 0.25) is 0 Å². The number of hydrogen-bond donors (Lipinski definition) is 2. The Morgan fingerprint density at radius 1 is 1.00 bits per heavy atom. The van der Waals surface area contributed by atoms with Crippen LogP contribution >= 0.6 is 11.8 Å². The monoisotopic (exact) mass is 260 g/mol. The fraction of sp³-hybridized carbons (Fsp3) is 0.0714. The second-order valence-corrected chi connectivity index (χ2v) is 4.86. The van der Waals surface area contributed by atoms with Gasteiger partial charge in [-0.15, -0.1) is 11.8 Å². The molecule has 1 atom stereocenters. The highest BCUT2D eigenvalue weighted by Crippen LogP contribution is 2.39. The molecule has 0 amide bonds. The fourth-order valence-corrected chi connectivity index (χ4v) is 2.57. The third-order valence-electron chi connectivity index (χ3n) is 2.44. The van der Waals surface area contributed by atoms with Crippen LogP contribution in [0.15, 0.2) is 59.5 Å². The molecule has 0 saturated heterocycles. The van der Waals surface area contributed by atoms with E-state index in [0.29, 0.717) is 10.5 Å². The average molecular weight is 260 g/mol. The maximum Gasteiger partial charge on any atom is 0.321 e. The topological polar surface area (TPSA) is 57.5 Å². The van der Waals surface area contributed by atoms with Crippen molar-refractivity contribution in [2.75, 3.05) is 0 Å². The fourth-order valence-electron chi connectivity index (χ4n) is 1.57. The number of hydrogen-bond acceptors (Lipinski definition) is 3. The van der Waals surface area contributed by atoms with Crippen molar-refractivity contribution >= 4 is 17.7 Å². The van der Waals surface area contributed by atoms with Crippen LogP contribution < -0.4 is 0 Å². The van der Waals surface area contributed by atoms with Crippen molar-refractivity contribution in [3.05, 3.63) is 60.2 Å². The zero-order valence-corrected chi connectivity index (χ0v) is 10.3. The van der Waals surface area contributed by atoms with Crippen LogP contribution in [0.5, 0.6) is 5.75 Å². The molecular formula is C14H12O3S. The molecule has 2 N–H and O–H groups in total. The minimum Gasteiger partial charge on any atom is -0.507 e. The van der Waals surface area contributed by atoms with Crippen LogP contribution in [0.3, 0.4) is 0 Å². The molecule has 2 aromatic carbocycles. The molecular weight excluding hydrogens is 248 g/mol. The molecule has 0 fully saturated rings. The molecule has 0 heterocycles. The lowest BCUT2D eigenvalue weighted by atomic mass is 10.1. The maximum atomic E-state index is 11.3. The van der Waals surface area contributed by atoms with Gasteiger partial charge in [0.2, 0.25) is 0 Å². The largest absolute Gasteiger partial charge is 0.507 e. The van der Waals surface area contributed by atoms with Crippen LogP contribution in [-0.2, 0) is 4.79 Å². The van der Waals surface area contributed by atoms with Crippen LogP contribution in [-0.4, -0.2) is 16.2 Å². The minimum absolute atomic E-state index is 0.102. The van der Waals surface area contributed by atoms with E-state index in [0.717, 1.165) is 11.8 Å². The molecule has 0 radical (unpaired) electrons. The van der Waals surface area contributed by atoms with Gasteiger partial charge in [0.1, 0.15) is 11.0 Å². The van der Waals surface area contributed by atoms with Gasteiger partial charge in [-0.2, -0.15) is 0 Å². The van der Waals surface area contributed by atoms with Crippen molar-refractivity contribution in [1.82, 2.24) is 0 Å². The highest BCUT2D eigenvalue weighted by Gasteiger charge is 2.22. The van der Waals surface area contributed by atoms with E-state index in [2.05, 4.69) is 0 Å². The summed E-state index contributed by atoms with van der Waals surface area (Å²) in [6.07, 6.45) is 0. The SMILES string of the molecule is O=C(O)C(Sc1ccccc1O)c1ccccc1. The molecule has 0 aliphatic carbocycles. The number of para-hydroxylation sites is 1. The molecule has 0 bridgehead atoms. The van der Waals surface area contributed by atoms with Gasteiger partial charge in [0.05, 0.1) is 4.90 Å². The number of carboxylic acids is 1. The third-order valence-corrected chi connectivity index (χ3v) is 3.75. The smallest absolute Gasteiger partial charge is 0.321 e. The molecule has 2 aromatic rings. The lowest BCUT2D eigenvalue weighted by Crippen LogP contribution is -2.07. The number of benzene rings is 2. The van der Waals surface area contributed by atoms with Crippen LogP contribution in [0.25, 0.3) is 0 Å². The number of aliphatic carboxylic acids is 1. The van der Waals surface area contributed by atoms with Gasteiger partial charge in [-0.3, -0.25) is 4.79 Å². The first-order chi connectivity index (χ1) is 8.68. The zero-order chi connectivity index (χ0) is 13.0. The van der Waals surface area contributed by atoms with E-state index in [-0.39, 0.29) is 5.75 Å². The Bertz CT molecular complexity index is 540. The summed E-state index contributed by atoms with van der Waals surface area (Å²) in [5.41, 5.74) is 0.707. The number of phenolic OH excluding ortho intramolecular Hbond substituents is 1. The average Bonchev–Trinajstić information content (AvgIpc) is 2.38. The standard InChI is InChI=1S/C14H12O3S/c15-11-8-4-5-9-12(11)18-13(14(16)17)10-6-2-1-3-7-10/h1-9,13,15H,(H,16,17). The Kier molecular flexibility index (Phi) is 3.89. The number of carboxylic acid groups (broad SMARTS) is 1. The van der Waals surface area contributed by atoms with Gasteiger partial charge in [-0.05, 0) is 17.7 Å². The van der Waals surface area contributed by atoms with E-state index in [1.54, 1.807) is 48.5 Å². The predicted octanol–water partition coefficient (Wildman–Crippen LogP) is 3.31. The second kappa shape index (κ2) is 5.60. The summed E-state index contributed by atoms with van der Waals surface area (Å²) in [6.45, 7) is 0. The zero-order valence-electron chi connectivity index (χ0n) is 9.48. The summed E-state index contributed by atoms with van der Waals surface area (Å²) >= 11 is 1.13.